The fraction of sp³-hybridized carbons (Fsp3) is 0.538. The Hall–Kier alpha value is -0.910. The van der Waals surface area contributed by atoms with Crippen molar-refractivity contribution in [2.75, 3.05) is 28.2 Å². The molecule has 0 N–H and O–H groups in total. The molecule has 1 aromatic carbocycles. The van der Waals surface area contributed by atoms with E-state index in [2.05, 4.69) is 0 Å². The second kappa shape index (κ2) is 7.51. The summed E-state index contributed by atoms with van der Waals surface area (Å²) < 4.78 is 24.8. The summed E-state index contributed by atoms with van der Waals surface area (Å²) >= 11 is 0. The first kappa shape index (κ1) is 17.1. The lowest BCUT2D eigenvalue weighted by Gasteiger charge is -2.13. The van der Waals surface area contributed by atoms with Gasteiger partial charge in [-0.05, 0) is 31.8 Å². The highest BCUT2D eigenvalue weighted by atomic mass is 32.2. The summed E-state index contributed by atoms with van der Waals surface area (Å²) in [7, 11) is 3.71. The Morgan fingerprint density at radius 3 is 1.72 bits per heavy atom. The standard InChI is InChI=1S/C11H18N2O2S.C2H6/c1-12(2)9-10-5-7-11(8-6-10)16(14,15)13(3)4;1-2/h5-8H,9H2,1-4H3;1-2H3. The van der Waals surface area contributed by atoms with E-state index < -0.39 is 10.0 Å². The summed E-state index contributed by atoms with van der Waals surface area (Å²) in [5, 5.41) is 0. The highest BCUT2D eigenvalue weighted by Gasteiger charge is 2.16. The molecule has 1 rings (SSSR count). The maximum atomic E-state index is 11.8. The van der Waals surface area contributed by atoms with Crippen LogP contribution in [0.5, 0.6) is 0 Å². The zero-order chi connectivity index (χ0) is 14.3. The van der Waals surface area contributed by atoms with Gasteiger partial charge >= 0.3 is 0 Å². The van der Waals surface area contributed by atoms with Crippen LogP contribution >= 0.6 is 0 Å². The molecule has 5 heteroatoms. The van der Waals surface area contributed by atoms with Crippen molar-refractivity contribution in [3.63, 3.8) is 0 Å². The van der Waals surface area contributed by atoms with Gasteiger partial charge in [0.1, 0.15) is 0 Å². The van der Waals surface area contributed by atoms with Gasteiger partial charge in [0.2, 0.25) is 10.0 Å². The SMILES string of the molecule is CC.CN(C)Cc1ccc(S(=O)(=O)N(C)C)cc1. The van der Waals surface area contributed by atoms with E-state index in [0.29, 0.717) is 4.90 Å². The third-order valence-electron chi connectivity index (χ3n) is 2.20. The van der Waals surface area contributed by atoms with Gasteiger partial charge < -0.3 is 4.90 Å². The molecule has 0 saturated carbocycles. The fourth-order valence-electron chi connectivity index (χ4n) is 1.34. The minimum Gasteiger partial charge on any atom is -0.305 e. The molecular weight excluding hydrogens is 248 g/mol. The number of hydrogen-bond acceptors (Lipinski definition) is 3. The van der Waals surface area contributed by atoms with Crippen LogP contribution in [0, 0.1) is 0 Å². The van der Waals surface area contributed by atoms with Crippen molar-refractivity contribution in [1.29, 1.82) is 0 Å². The first-order valence-corrected chi connectivity index (χ1v) is 7.44. The molecule has 0 bridgehead atoms. The van der Waals surface area contributed by atoms with Gasteiger partial charge in [-0.15, -0.1) is 0 Å². The van der Waals surface area contributed by atoms with Crippen molar-refractivity contribution in [1.82, 2.24) is 9.21 Å². The Bertz CT molecular complexity index is 437. The first-order valence-electron chi connectivity index (χ1n) is 6.00. The topological polar surface area (TPSA) is 40.6 Å². The molecular formula is C13H24N2O2S. The van der Waals surface area contributed by atoms with Crippen LogP contribution in [0.3, 0.4) is 0 Å². The van der Waals surface area contributed by atoms with Crippen LogP contribution in [0.15, 0.2) is 29.2 Å². The molecule has 0 unspecified atom stereocenters. The summed E-state index contributed by atoms with van der Waals surface area (Å²) in [5.74, 6) is 0. The highest BCUT2D eigenvalue weighted by molar-refractivity contribution is 7.89. The molecule has 0 radical (unpaired) electrons. The second-order valence-corrected chi connectivity index (χ2v) is 6.32. The normalized spacial score (nSPS) is 11.3. The smallest absolute Gasteiger partial charge is 0.242 e. The Balaban J connectivity index is 0.00000137. The number of hydrogen-bond donors (Lipinski definition) is 0. The fourth-order valence-corrected chi connectivity index (χ4v) is 2.24. The molecule has 1 aromatic rings. The maximum Gasteiger partial charge on any atom is 0.242 e. The maximum absolute atomic E-state index is 11.8. The lowest BCUT2D eigenvalue weighted by molar-refractivity contribution is 0.402. The van der Waals surface area contributed by atoms with Crippen molar-refractivity contribution in [2.45, 2.75) is 25.3 Å². The average Bonchev–Trinajstić information content (AvgIpc) is 2.31. The molecule has 0 aliphatic rings. The van der Waals surface area contributed by atoms with E-state index in [1.165, 1.54) is 18.4 Å². The third-order valence-corrected chi connectivity index (χ3v) is 4.03. The van der Waals surface area contributed by atoms with Gasteiger partial charge in [0.15, 0.2) is 0 Å². The third kappa shape index (κ3) is 4.76. The number of sulfonamides is 1. The Kier molecular flexibility index (Phi) is 7.13. The zero-order valence-electron chi connectivity index (χ0n) is 12.1. The summed E-state index contributed by atoms with van der Waals surface area (Å²) in [5.41, 5.74) is 1.10. The predicted molar refractivity (Wildman–Crippen MR) is 76.1 cm³/mol. The molecule has 0 spiro atoms. The van der Waals surface area contributed by atoms with Crippen molar-refractivity contribution < 1.29 is 8.42 Å². The van der Waals surface area contributed by atoms with E-state index in [0.717, 1.165) is 12.1 Å². The van der Waals surface area contributed by atoms with Crippen LogP contribution in [-0.2, 0) is 16.6 Å². The van der Waals surface area contributed by atoms with Gasteiger partial charge in [0, 0.05) is 20.6 Å². The van der Waals surface area contributed by atoms with Crippen molar-refractivity contribution >= 4 is 10.0 Å². The quantitative estimate of drug-likeness (QED) is 0.842. The summed E-state index contributed by atoms with van der Waals surface area (Å²) in [6.07, 6.45) is 0. The summed E-state index contributed by atoms with van der Waals surface area (Å²) in [4.78, 5) is 2.37. The minimum atomic E-state index is -3.30. The molecule has 0 atom stereocenters. The van der Waals surface area contributed by atoms with Crippen molar-refractivity contribution in [3.8, 4) is 0 Å². The zero-order valence-corrected chi connectivity index (χ0v) is 13.0. The van der Waals surface area contributed by atoms with Crippen LogP contribution < -0.4 is 0 Å². The van der Waals surface area contributed by atoms with E-state index in [1.54, 1.807) is 12.1 Å². The number of rotatable bonds is 4. The van der Waals surface area contributed by atoms with Gasteiger partial charge in [0.05, 0.1) is 4.90 Å². The van der Waals surface area contributed by atoms with Gasteiger partial charge in [-0.1, -0.05) is 26.0 Å². The van der Waals surface area contributed by atoms with Crippen molar-refractivity contribution in [2.24, 2.45) is 0 Å². The van der Waals surface area contributed by atoms with Crippen LogP contribution in [0.4, 0.5) is 0 Å². The van der Waals surface area contributed by atoms with Gasteiger partial charge in [-0.2, -0.15) is 0 Å². The molecule has 0 aliphatic carbocycles. The summed E-state index contributed by atoms with van der Waals surface area (Å²) in [6.45, 7) is 4.81. The highest BCUT2D eigenvalue weighted by Crippen LogP contribution is 2.14. The van der Waals surface area contributed by atoms with Crippen molar-refractivity contribution in [3.05, 3.63) is 29.8 Å². The van der Waals surface area contributed by atoms with Gasteiger partial charge in [0.25, 0.3) is 0 Å². The Morgan fingerprint density at radius 2 is 1.39 bits per heavy atom. The van der Waals surface area contributed by atoms with E-state index in [-0.39, 0.29) is 0 Å². The largest absolute Gasteiger partial charge is 0.305 e. The van der Waals surface area contributed by atoms with Crippen LogP contribution in [0.2, 0.25) is 0 Å². The van der Waals surface area contributed by atoms with Gasteiger partial charge in [-0.3, -0.25) is 0 Å². The van der Waals surface area contributed by atoms with E-state index in [1.807, 2.05) is 45.0 Å². The lowest BCUT2D eigenvalue weighted by atomic mass is 10.2. The molecule has 0 amide bonds. The Labute approximate surface area is 111 Å². The minimum absolute atomic E-state index is 0.333. The van der Waals surface area contributed by atoms with Gasteiger partial charge in [-0.25, -0.2) is 12.7 Å². The van der Waals surface area contributed by atoms with Crippen LogP contribution in [0.25, 0.3) is 0 Å². The average molecular weight is 272 g/mol. The van der Waals surface area contributed by atoms with E-state index in [4.69, 9.17) is 0 Å². The molecule has 0 aliphatic heterocycles. The molecule has 0 saturated heterocycles. The lowest BCUT2D eigenvalue weighted by Crippen LogP contribution is -2.22. The van der Waals surface area contributed by atoms with E-state index in [9.17, 15) is 8.42 Å². The molecule has 104 valence electrons. The second-order valence-electron chi connectivity index (χ2n) is 4.17. The monoisotopic (exact) mass is 272 g/mol. The van der Waals surface area contributed by atoms with E-state index >= 15 is 0 Å². The molecule has 0 fully saturated rings. The number of nitrogens with zero attached hydrogens (tertiary/aromatic N) is 2. The molecule has 0 heterocycles. The first-order chi connectivity index (χ1) is 8.34. The van der Waals surface area contributed by atoms with Crippen LogP contribution in [0.1, 0.15) is 19.4 Å². The number of benzene rings is 1. The predicted octanol–water partition coefficient (Wildman–Crippen LogP) is 2.02. The molecule has 4 nitrogen and oxygen atoms in total. The summed E-state index contributed by atoms with van der Waals surface area (Å²) in [6, 6.07) is 6.98. The molecule has 18 heavy (non-hydrogen) atoms. The molecule has 0 aromatic heterocycles. The van der Waals surface area contributed by atoms with Crippen LogP contribution in [-0.4, -0.2) is 45.8 Å². The Morgan fingerprint density at radius 1 is 0.944 bits per heavy atom.